The molecular formula is C30H60O27. The lowest BCUT2D eigenvalue weighted by molar-refractivity contribution is -0.143. The molecule has 0 heterocycles. The zero-order chi connectivity index (χ0) is 50.0. The molecule has 0 saturated carbocycles. The van der Waals surface area contributed by atoms with Gasteiger partial charge in [0.2, 0.25) is 0 Å². The van der Waals surface area contributed by atoms with Gasteiger partial charge < -0.3 is 71.1 Å². The van der Waals surface area contributed by atoms with Gasteiger partial charge in [-0.05, 0) is 13.3 Å². The predicted molar refractivity (Wildman–Crippen MR) is 193 cm³/mol. The summed E-state index contributed by atoms with van der Waals surface area (Å²) >= 11 is 0. The smallest absolute Gasteiger partial charge is 0.305 e. The molecular weight excluding hydrogens is 792 g/mol. The minimum Gasteiger partial charge on any atom is -0.481 e. The van der Waals surface area contributed by atoms with Crippen molar-refractivity contribution in [3.63, 3.8) is 0 Å². The first kappa shape index (κ1) is 87.7. The van der Waals surface area contributed by atoms with Crippen molar-refractivity contribution in [3.8, 4) is 0 Å². The van der Waals surface area contributed by atoms with Gasteiger partial charge in [-0.1, -0.05) is 0 Å². The van der Waals surface area contributed by atoms with Gasteiger partial charge in [0.25, 0.3) is 71.6 Å². The van der Waals surface area contributed by atoms with Crippen LogP contribution < -0.4 is 0 Å². The molecule has 13 N–H and O–H groups in total. The van der Waals surface area contributed by atoms with Crippen molar-refractivity contribution in [2.75, 3.05) is 13.2 Å². The Morgan fingerprint density at radius 3 is 0.491 bits per heavy atom. The van der Waals surface area contributed by atoms with E-state index < -0.39 is 71.6 Å². The lowest BCUT2D eigenvalue weighted by Crippen LogP contribution is -2.03. The average Bonchev–Trinajstić information content (AvgIpc) is 2.84. The molecule has 0 aromatic heterocycles. The summed E-state index contributed by atoms with van der Waals surface area (Å²) in [5.74, 6) is -10.2. The van der Waals surface area contributed by atoms with Gasteiger partial charge in [-0.3, -0.25) is 62.3 Å². The Morgan fingerprint density at radius 2 is 0.421 bits per heavy atom. The molecule has 27 heteroatoms. The van der Waals surface area contributed by atoms with E-state index >= 15 is 0 Å². The van der Waals surface area contributed by atoms with Crippen LogP contribution in [0.5, 0.6) is 0 Å². The number of aliphatic hydroxyl groups is 1. The molecule has 0 amide bonds. The summed E-state index contributed by atoms with van der Waals surface area (Å²) in [7, 11) is 0. The SMILES string of the molecule is CC(=O)O.CC(=O)O.CC(=O)O.CC(=O)O.CC(=O)O.CC(=O)O.CC(=O)O.CC(=O)O.CC(=O)O.CC(=O)O.CC(=O)O.CC(=O)O.CCOC(=O)CCCO. The summed E-state index contributed by atoms with van der Waals surface area (Å²) in [6, 6.07) is 0. The van der Waals surface area contributed by atoms with Crippen LogP contribution in [0.4, 0.5) is 0 Å². The molecule has 0 bridgehead atoms. The highest BCUT2D eigenvalue weighted by Crippen LogP contribution is 1.90. The van der Waals surface area contributed by atoms with Crippen LogP contribution in [0.15, 0.2) is 0 Å². The Morgan fingerprint density at radius 1 is 0.316 bits per heavy atom. The summed E-state index contributed by atoms with van der Waals surface area (Å²) in [6.07, 6.45) is 0.823. The Labute approximate surface area is 327 Å². The number of esters is 1. The summed E-state index contributed by atoms with van der Waals surface area (Å²) in [5, 5.41) is 97.3. The fourth-order valence-electron chi connectivity index (χ4n) is 0.457. The molecule has 0 rings (SSSR count). The van der Waals surface area contributed by atoms with Gasteiger partial charge >= 0.3 is 5.97 Å². The third-order valence-electron chi connectivity index (χ3n) is 0.844. The zero-order valence-corrected chi connectivity index (χ0v) is 33.9. The average molecular weight is 853 g/mol. The number of ether oxygens (including phenoxy) is 1. The second-order valence-electron chi connectivity index (χ2n) is 7.86. The first-order valence-electron chi connectivity index (χ1n) is 14.2. The molecule has 57 heavy (non-hydrogen) atoms. The Balaban J connectivity index is -0.0000000338. The van der Waals surface area contributed by atoms with E-state index in [4.69, 9.17) is 124 Å². The van der Waals surface area contributed by atoms with Gasteiger partial charge in [0.15, 0.2) is 0 Å². The maximum Gasteiger partial charge on any atom is 0.305 e. The standard InChI is InChI=1S/C6H12O3.12C2H4O2/c1-2-9-6(8)4-3-5-7;12*1-2(3)4/h7H,2-5H2,1H3;12*1H3,(H,3,4). The molecule has 0 radical (unpaired) electrons. The van der Waals surface area contributed by atoms with Crippen molar-refractivity contribution in [1.29, 1.82) is 0 Å². The number of carboxylic acids is 12. The van der Waals surface area contributed by atoms with Crippen molar-refractivity contribution in [2.45, 2.75) is 103 Å². The van der Waals surface area contributed by atoms with Crippen LogP contribution in [0, 0.1) is 0 Å². The minimum absolute atomic E-state index is 0.0544. The molecule has 27 nitrogen and oxygen atoms in total. The molecule has 0 spiro atoms. The van der Waals surface area contributed by atoms with Crippen LogP contribution >= 0.6 is 0 Å². The normalized spacial score (nSPS) is 6.70. The van der Waals surface area contributed by atoms with Gasteiger partial charge in [-0.15, -0.1) is 0 Å². The van der Waals surface area contributed by atoms with Crippen LogP contribution in [-0.2, 0) is 67.1 Å². The molecule has 0 fully saturated rings. The zero-order valence-electron chi connectivity index (χ0n) is 33.9. The second-order valence-corrected chi connectivity index (χ2v) is 7.86. The first-order valence-corrected chi connectivity index (χ1v) is 14.2. The maximum atomic E-state index is 10.5. The van der Waals surface area contributed by atoms with E-state index in [1.165, 1.54) is 0 Å². The molecule has 0 saturated heterocycles. The van der Waals surface area contributed by atoms with Crippen molar-refractivity contribution < 1.29 is 133 Å². The highest BCUT2D eigenvalue weighted by molar-refractivity contribution is 5.69. The van der Waals surface area contributed by atoms with Gasteiger partial charge in [0.1, 0.15) is 0 Å². The van der Waals surface area contributed by atoms with Crippen molar-refractivity contribution >= 4 is 77.6 Å². The van der Waals surface area contributed by atoms with Gasteiger partial charge in [0, 0.05) is 96.1 Å². The van der Waals surface area contributed by atoms with Crippen LogP contribution in [0.2, 0.25) is 0 Å². The summed E-state index contributed by atoms with van der Waals surface area (Å²) < 4.78 is 4.59. The van der Waals surface area contributed by atoms with E-state index in [0.717, 1.165) is 83.1 Å². The number of carbonyl (C=O) groups excluding carboxylic acids is 1. The number of hydrogen-bond acceptors (Lipinski definition) is 15. The monoisotopic (exact) mass is 852 g/mol. The quantitative estimate of drug-likeness (QED) is 0.178. The van der Waals surface area contributed by atoms with E-state index in [1.54, 1.807) is 6.92 Å². The van der Waals surface area contributed by atoms with E-state index in [2.05, 4.69) is 4.74 Å². The van der Waals surface area contributed by atoms with Crippen molar-refractivity contribution in [1.82, 2.24) is 0 Å². The summed E-state index contributed by atoms with van der Waals surface area (Å²) in [6.45, 7) is 15.2. The first-order chi connectivity index (χ1) is 25.1. The lowest BCUT2D eigenvalue weighted by atomic mass is 10.3. The molecule has 0 aliphatic rings. The third kappa shape index (κ3) is 22200000. The van der Waals surface area contributed by atoms with Crippen LogP contribution in [0.25, 0.3) is 0 Å². The Bertz CT molecular complexity index is 757. The largest absolute Gasteiger partial charge is 0.481 e. The molecule has 0 aromatic rings. The number of rotatable bonds is 4. The fourth-order valence-corrected chi connectivity index (χ4v) is 0.457. The molecule has 0 atom stereocenters. The van der Waals surface area contributed by atoms with Gasteiger partial charge in [-0.2, -0.15) is 0 Å². The topological polar surface area (TPSA) is 494 Å². The van der Waals surface area contributed by atoms with E-state index in [1.807, 2.05) is 0 Å². The molecule has 0 aliphatic carbocycles. The van der Waals surface area contributed by atoms with Gasteiger partial charge in [-0.25, -0.2) is 0 Å². The van der Waals surface area contributed by atoms with Crippen LogP contribution in [0.3, 0.4) is 0 Å². The lowest BCUT2D eigenvalue weighted by Gasteiger charge is -1.97. The van der Waals surface area contributed by atoms with Gasteiger partial charge in [0.05, 0.1) is 6.61 Å². The Kier molecular flexibility index (Phi) is 127. The summed E-state index contributed by atoms with van der Waals surface area (Å²) in [5.41, 5.74) is 0. The predicted octanol–water partition coefficient (Wildman–Crippen LogP) is 1.41. The summed E-state index contributed by atoms with van der Waals surface area (Å²) in [4.78, 5) is 118. The second kappa shape index (κ2) is 82.5. The number of hydrogen-bond donors (Lipinski definition) is 13. The molecule has 0 unspecified atom stereocenters. The number of carbonyl (C=O) groups is 13. The number of aliphatic hydroxyl groups excluding tert-OH is 1. The number of aliphatic carboxylic acids is 12. The number of carboxylic acid groups (broad SMARTS) is 12. The van der Waals surface area contributed by atoms with Crippen LogP contribution in [0.1, 0.15) is 103 Å². The van der Waals surface area contributed by atoms with Crippen molar-refractivity contribution in [3.05, 3.63) is 0 Å². The molecule has 0 aromatic carbocycles. The maximum absolute atomic E-state index is 10.5. The van der Waals surface area contributed by atoms with E-state index in [-0.39, 0.29) is 12.6 Å². The van der Waals surface area contributed by atoms with E-state index in [9.17, 15) is 4.79 Å². The highest BCUT2D eigenvalue weighted by Gasteiger charge is 1.98. The Hall–Kier alpha value is -6.93. The molecule has 0 aliphatic heterocycles. The van der Waals surface area contributed by atoms with E-state index in [0.29, 0.717) is 19.4 Å². The van der Waals surface area contributed by atoms with Crippen molar-refractivity contribution in [2.24, 2.45) is 0 Å². The fraction of sp³-hybridized carbons (Fsp3) is 0.567. The highest BCUT2D eigenvalue weighted by atomic mass is 16.5. The third-order valence-corrected chi connectivity index (χ3v) is 0.844. The van der Waals surface area contributed by atoms with Crippen LogP contribution in [-0.4, -0.2) is 157 Å². The minimum atomic E-state index is -0.833. The molecule has 342 valence electrons.